The second-order valence-corrected chi connectivity index (χ2v) is 5.96. The van der Waals surface area contributed by atoms with Crippen molar-refractivity contribution in [2.45, 2.75) is 12.8 Å². The zero-order chi connectivity index (χ0) is 16.5. The van der Waals surface area contributed by atoms with Crippen LogP contribution in [0.15, 0.2) is 53.0 Å². The van der Waals surface area contributed by atoms with Crippen LogP contribution in [0, 0.1) is 0 Å². The lowest BCUT2D eigenvalue weighted by Crippen LogP contribution is -2.27. The zero-order valence-electron chi connectivity index (χ0n) is 13.1. The molecule has 2 aromatic rings. The molecule has 0 aromatic heterocycles. The molecule has 23 heavy (non-hydrogen) atoms. The Morgan fingerprint density at radius 2 is 1.96 bits per heavy atom. The van der Waals surface area contributed by atoms with E-state index in [-0.39, 0.29) is 5.91 Å². The Kier molecular flexibility index (Phi) is 6.94. The van der Waals surface area contributed by atoms with Gasteiger partial charge in [-0.1, -0.05) is 24.3 Å². The molecule has 0 aliphatic carbocycles. The molecule has 5 heteroatoms. The summed E-state index contributed by atoms with van der Waals surface area (Å²) in [4.78, 5) is 11.8. The number of carbonyl (C=O) groups excluding carboxylic acids is 1. The Bertz CT molecular complexity index is 646. The molecular formula is C18H21BrN2O2. The van der Waals surface area contributed by atoms with Crippen molar-refractivity contribution in [3.63, 3.8) is 0 Å². The van der Waals surface area contributed by atoms with Crippen LogP contribution in [0.5, 0.6) is 5.75 Å². The van der Waals surface area contributed by atoms with Crippen LogP contribution < -0.4 is 15.4 Å². The van der Waals surface area contributed by atoms with Gasteiger partial charge >= 0.3 is 0 Å². The molecule has 0 saturated carbocycles. The van der Waals surface area contributed by atoms with Gasteiger partial charge in [0.05, 0.1) is 7.11 Å². The summed E-state index contributed by atoms with van der Waals surface area (Å²) < 4.78 is 6.19. The maximum Gasteiger partial charge on any atom is 0.221 e. The molecule has 0 atom stereocenters. The number of nitrogens with one attached hydrogen (secondary N) is 2. The predicted octanol–water partition coefficient (Wildman–Crippen LogP) is 3.62. The molecule has 2 aromatic carbocycles. The highest BCUT2D eigenvalue weighted by Crippen LogP contribution is 2.20. The van der Waals surface area contributed by atoms with Crippen molar-refractivity contribution in [2.24, 2.45) is 0 Å². The average Bonchev–Trinajstić information content (AvgIpc) is 2.57. The number of amides is 1. The topological polar surface area (TPSA) is 50.4 Å². The predicted molar refractivity (Wildman–Crippen MR) is 97.0 cm³/mol. The van der Waals surface area contributed by atoms with Gasteiger partial charge < -0.3 is 15.4 Å². The molecular weight excluding hydrogens is 356 g/mol. The molecule has 0 aliphatic rings. The van der Waals surface area contributed by atoms with Gasteiger partial charge in [-0.2, -0.15) is 0 Å². The van der Waals surface area contributed by atoms with E-state index in [2.05, 4.69) is 26.6 Å². The molecule has 0 heterocycles. The fourth-order valence-electron chi connectivity index (χ4n) is 2.18. The molecule has 4 nitrogen and oxygen atoms in total. The van der Waals surface area contributed by atoms with E-state index in [1.807, 2.05) is 48.5 Å². The highest BCUT2D eigenvalue weighted by atomic mass is 79.9. The van der Waals surface area contributed by atoms with Crippen molar-refractivity contribution in [2.75, 3.05) is 25.5 Å². The van der Waals surface area contributed by atoms with Gasteiger partial charge in [0.15, 0.2) is 0 Å². The monoisotopic (exact) mass is 376 g/mol. The Morgan fingerprint density at radius 3 is 2.74 bits per heavy atom. The number of anilines is 1. The van der Waals surface area contributed by atoms with Gasteiger partial charge in [0.25, 0.3) is 0 Å². The number of halogens is 1. The molecule has 0 bridgehead atoms. The van der Waals surface area contributed by atoms with Gasteiger partial charge in [-0.15, -0.1) is 0 Å². The molecule has 0 saturated heterocycles. The molecule has 0 radical (unpaired) electrons. The first-order valence-corrected chi connectivity index (χ1v) is 8.36. The van der Waals surface area contributed by atoms with E-state index < -0.39 is 0 Å². The number of para-hydroxylation sites is 1. The summed E-state index contributed by atoms with van der Waals surface area (Å²) in [6.07, 6.45) is 1.24. The minimum absolute atomic E-state index is 0.0486. The third-order valence-electron chi connectivity index (χ3n) is 3.41. The zero-order valence-corrected chi connectivity index (χ0v) is 14.7. The molecule has 0 unspecified atom stereocenters. The van der Waals surface area contributed by atoms with Crippen LogP contribution in [0.25, 0.3) is 0 Å². The number of hydrogen-bond acceptors (Lipinski definition) is 3. The summed E-state index contributed by atoms with van der Waals surface area (Å²) in [5.74, 6) is 0.888. The van der Waals surface area contributed by atoms with Crippen LogP contribution in [0.4, 0.5) is 5.69 Å². The first-order chi connectivity index (χ1) is 11.2. The van der Waals surface area contributed by atoms with Gasteiger partial charge in [0.2, 0.25) is 5.91 Å². The third kappa shape index (κ3) is 5.94. The van der Waals surface area contributed by atoms with Gasteiger partial charge in [-0.3, -0.25) is 4.79 Å². The van der Waals surface area contributed by atoms with E-state index >= 15 is 0 Å². The second kappa shape index (κ2) is 9.20. The fraction of sp³-hybridized carbons (Fsp3) is 0.278. The van der Waals surface area contributed by atoms with E-state index in [0.29, 0.717) is 19.5 Å². The minimum atomic E-state index is 0.0486. The summed E-state index contributed by atoms with van der Waals surface area (Å²) in [7, 11) is 1.65. The highest BCUT2D eigenvalue weighted by Gasteiger charge is 2.03. The number of rotatable bonds is 8. The summed E-state index contributed by atoms with van der Waals surface area (Å²) in [5.41, 5.74) is 2.15. The molecule has 0 spiro atoms. The standard InChI is InChI=1S/C18H21BrN2O2/c1-23-15-6-4-5-14(13-15)9-11-21-18(22)10-12-20-17-8-3-2-7-16(17)19/h2-8,13,20H,9-12H2,1H3,(H,21,22). The van der Waals surface area contributed by atoms with E-state index in [9.17, 15) is 4.79 Å². The van der Waals surface area contributed by atoms with E-state index in [1.54, 1.807) is 7.11 Å². The van der Waals surface area contributed by atoms with Crippen molar-refractivity contribution in [3.8, 4) is 5.75 Å². The Labute approximate surface area is 145 Å². The number of carbonyl (C=O) groups is 1. The lowest BCUT2D eigenvalue weighted by atomic mass is 10.1. The number of ether oxygens (including phenoxy) is 1. The lowest BCUT2D eigenvalue weighted by molar-refractivity contribution is -0.120. The van der Waals surface area contributed by atoms with E-state index in [4.69, 9.17) is 4.74 Å². The Balaban J connectivity index is 1.66. The number of benzene rings is 2. The van der Waals surface area contributed by atoms with Crippen molar-refractivity contribution in [1.82, 2.24) is 5.32 Å². The van der Waals surface area contributed by atoms with Crippen molar-refractivity contribution in [3.05, 3.63) is 58.6 Å². The SMILES string of the molecule is COc1cccc(CCNC(=O)CCNc2ccccc2Br)c1. The largest absolute Gasteiger partial charge is 0.497 e. The maximum absolute atomic E-state index is 11.8. The first kappa shape index (κ1) is 17.3. The van der Waals surface area contributed by atoms with E-state index in [1.165, 1.54) is 0 Å². The van der Waals surface area contributed by atoms with Crippen LogP contribution in [0.3, 0.4) is 0 Å². The summed E-state index contributed by atoms with van der Waals surface area (Å²) in [6.45, 7) is 1.23. The molecule has 0 fully saturated rings. The summed E-state index contributed by atoms with van der Waals surface area (Å²) in [6, 6.07) is 15.8. The van der Waals surface area contributed by atoms with Crippen LogP contribution >= 0.6 is 15.9 Å². The van der Waals surface area contributed by atoms with Gasteiger partial charge in [0, 0.05) is 29.7 Å². The van der Waals surface area contributed by atoms with Crippen LogP contribution in [0.2, 0.25) is 0 Å². The lowest BCUT2D eigenvalue weighted by Gasteiger charge is -2.09. The number of hydrogen-bond donors (Lipinski definition) is 2. The number of methoxy groups -OCH3 is 1. The molecule has 2 N–H and O–H groups in total. The van der Waals surface area contributed by atoms with Gasteiger partial charge in [-0.25, -0.2) is 0 Å². The quantitative estimate of drug-likeness (QED) is 0.739. The Hall–Kier alpha value is -2.01. The molecule has 0 aliphatic heterocycles. The average molecular weight is 377 g/mol. The maximum atomic E-state index is 11.8. The van der Waals surface area contributed by atoms with Crippen molar-refractivity contribution < 1.29 is 9.53 Å². The highest BCUT2D eigenvalue weighted by molar-refractivity contribution is 9.10. The fourth-order valence-corrected chi connectivity index (χ4v) is 2.60. The normalized spacial score (nSPS) is 10.2. The molecule has 2 rings (SSSR count). The van der Waals surface area contributed by atoms with Gasteiger partial charge in [-0.05, 0) is 52.2 Å². The first-order valence-electron chi connectivity index (χ1n) is 7.57. The van der Waals surface area contributed by atoms with Gasteiger partial charge in [0.1, 0.15) is 5.75 Å². The smallest absolute Gasteiger partial charge is 0.221 e. The molecule has 1 amide bonds. The van der Waals surface area contributed by atoms with Crippen molar-refractivity contribution in [1.29, 1.82) is 0 Å². The van der Waals surface area contributed by atoms with E-state index in [0.717, 1.165) is 27.9 Å². The summed E-state index contributed by atoms with van der Waals surface area (Å²) in [5, 5.41) is 6.18. The van der Waals surface area contributed by atoms with Crippen molar-refractivity contribution >= 4 is 27.5 Å². The van der Waals surface area contributed by atoms with Crippen LogP contribution in [-0.2, 0) is 11.2 Å². The van der Waals surface area contributed by atoms with Crippen LogP contribution in [0.1, 0.15) is 12.0 Å². The Morgan fingerprint density at radius 1 is 1.13 bits per heavy atom. The van der Waals surface area contributed by atoms with Crippen LogP contribution in [-0.4, -0.2) is 26.1 Å². The summed E-state index contributed by atoms with van der Waals surface area (Å²) >= 11 is 3.47. The second-order valence-electron chi connectivity index (χ2n) is 5.11. The minimum Gasteiger partial charge on any atom is -0.497 e. The third-order valence-corrected chi connectivity index (χ3v) is 4.10. The molecule has 122 valence electrons.